The maximum Gasteiger partial charge on any atom is 0.257 e. The molecule has 0 fully saturated rings. The van der Waals surface area contributed by atoms with Crippen molar-refractivity contribution in [2.45, 2.75) is 25.7 Å². The molecule has 0 radical (unpaired) electrons. The lowest BCUT2D eigenvalue weighted by atomic mass is 10.1. The van der Waals surface area contributed by atoms with Crippen molar-refractivity contribution in [1.82, 2.24) is 4.98 Å². The largest absolute Gasteiger partial charge is 0.454 e. The summed E-state index contributed by atoms with van der Waals surface area (Å²) in [6.07, 6.45) is 1.44. The van der Waals surface area contributed by atoms with Crippen LogP contribution in [-0.4, -0.2) is 23.6 Å². The predicted octanol–water partition coefficient (Wildman–Crippen LogP) is 4.75. The molecule has 9 heteroatoms. The van der Waals surface area contributed by atoms with Gasteiger partial charge in [-0.1, -0.05) is 17.7 Å². The topological polar surface area (TPSA) is 89.6 Å². The predicted molar refractivity (Wildman–Crippen MR) is 119 cm³/mol. The lowest BCUT2D eigenvalue weighted by Crippen LogP contribution is -2.20. The first kappa shape index (κ1) is 19.8. The van der Waals surface area contributed by atoms with E-state index >= 15 is 0 Å². The highest BCUT2D eigenvalue weighted by Crippen LogP contribution is 2.39. The molecule has 0 spiro atoms. The number of anilines is 2. The van der Waals surface area contributed by atoms with Gasteiger partial charge in [-0.3, -0.25) is 14.9 Å². The number of hydrogen-bond acceptors (Lipinski definition) is 6. The Bertz CT molecular complexity index is 1210. The number of amides is 2. The molecule has 7 nitrogen and oxygen atoms in total. The number of carbonyl (C=O) groups excluding carboxylic acids is 2. The van der Waals surface area contributed by atoms with Crippen LogP contribution in [0.5, 0.6) is 11.5 Å². The van der Waals surface area contributed by atoms with Crippen LogP contribution in [0.1, 0.15) is 38.8 Å². The third kappa shape index (κ3) is 3.84. The van der Waals surface area contributed by atoms with Gasteiger partial charge in [0.05, 0.1) is 11.6 Å². The van der Waals surface area contributed by atoms with E-state index in [4.69, 9.17) is 21.1 Å². The molecule has 2 heterocycles. The summed E-state index contributed by atoms with van der Waals surface area (Å²) in [6.45, 7) is 2.06. The second-order valence-electron chi connectivity index (χ2n) is 7.39. The Kier molecular flexibility index (Phi) is 5.03. The van der Waals surface area contributed by atoms with Gasteiger partial charge in [0.25, 0.3) is 5.91 Å². The van der Waals surface area contributed by atoms with E-state index in [1.807, 2.05) is 19.1 Å². The van der Waals surface area contributed by atoms with Crippen molar-refractivity contribution in [2.24, 2.45) is 0 Å². The smallest absolute Gasteiger partial charge is 0.257 e. The van der Waals surface area contributed by atoms with E-state index in [-0.39, 0.29) is 24.5 Å². The van der Waals surface area contributed by atoms with E-state index in [0.717, 1.165) is 22.6 Å². The number of nitrogens with zero attached hydrogens (tertiary/aromatic N) is 1. The summed E-state index contributed by atoms with van der Waals surface area (Å²) in [5.74, 6) is 0.386. The van der Waals surface area contributed by atoms with Crippen LogP contribution >= 0.6 is 22.9 Å². The minimum Gasteiger partial charge on any atom is -0.454 e. The Morgan fingerprint density at radius 2 is 1.97 bits per heavy atom. The number of nitrogens with one attached hydrogen (secondary N) is 2. The van der Waals surface area contributed by atoms with Crippen molar-refractivity contribution in [2.75, 3.05) is 17.4 Å². The fourth-order valence-electron chi connectivity index (χ4n) is 3.64. The van der Waals surface area contributed by atoms with Crippen LogP contribution < -0.4 is 20.1 Å². The summed E-state index contributed by atoms with van der Waals surface area (Å²) in [5.41, 5.74) is 2.78. The molecule has 0 saturated heterocycles. The molecular weight excluding hydrogens is 438 g/mol. The van der Waals surface area contributed by atoms with Crippen molar-refractivity contribution in [3.8, 4) is 11.5 Å². The summed E-state index contributed by atoms with van der Waals surface area (Å²) in [4.78, 5) is 31.0. The lowest BCUT2D eigenvalue weighted by Gasteiger charge is -2.11. The summed E-state index contributed by atoms with van der Waals surface area (Å²) in [7, 11) is 0. The fraction of sp³-hybridized carbons (Fsp3) is 0.227. The first-order chi connectivity index (χ1) is 15.0. The molecule has 1 aromatic heterocycles. The number of ether oxygens (including phenoxy) is 2. The standard InChI is InChI=1S/C22H18ClN3O4S/c1-11-2-4-13(9-15(11)23)24-21(28)14-5-7-18-19(14)25-22(31-18)26-20(27)12-3-6-16-17(8-12)30-10-29-16/h2-4,6,8-9,14H,5,7,10H2,1H3,(H,24,28)(H,25,26,27). The molecular formula is C22H18ClN3O4S. The van der Waals surface area contributed by atoms with Crippen molar-refractivity contribution >= 4 is 45.6 Å². The normalized spacial score (nSPS) is 16.1. The second-order valence-corrected chi connectivity index (χ2v) is 8.88. The van der Waals surface area contributed by atoms with E-state index in [1.54, 1.807) is 24.3 Å². The third-order valence-corrected chi connectivity index (χ3v) is 6.78. The molecule has 1 aliphatic heterocycles. The van der Waals surface area contributed by atoms with Gasteiger partial charge in [-0.05, 0) is 55.7 Å². The Morgan fingerprint density at radius 3 is 2.81 bits per heavy atom. The van der Waals surface area contributed by atoms with Crippen LogP contribution in [0.15, 0.2) is 36.4 Å². The van der Waals surface area contributed by atoms with Gasteiger partial charge in [-0.15, -0.1) is 11.3 Å². The molecule has 2 N–H and O–H groups in total. The van der Waals surface area contributed by atoms with Gasteiger partial charge in [-0.25, -0.2) is 4.98 Å². The van der Waals surface area contributed by atoms with Crippen LogP contribution in [0.4, 0.5) is 10.8 Å². The minimum atomic E-state index is -0.359. The fourth-order valence-corrected chi connectivity index (χ4v) is 4.86. The highest BCUT2D eigenvalue weighted by atomic mass is 35.5. The maximum atomic E-state index is 12.8. The highest BCUT2D eigenvalue weighted by Gasteiger charge is 2.33. The van der Waals surface area contributed by atoms with Crippen molar-refractivity contribution in [1.29, 1.82) is 0 Å². The van der Waals surface area contributed by atoms with Crippen molar-refractivity contribution in [3.05, 3.63) is 63.1 Å². The molecule has 2 amide bonds. The van der Waals surface area contributed by atoms with Crippen LogP contribution in [-0.2, 0) is 11.2 Å². The van der Waals surface area contributed by atoms with Gasteiger partial charge in [0.1, 0.15) is 0 Å². The number of thiazole rings is 1. The molecule has 3 aromatic rings. The molecule has 1 aliphatic carbocycles. The van der Waals surface area contributed by atoms with Gasteiger partial charge >= 0.3 is 0 Å². The van der Waals surface area contributed by atoms with E-state index in [0.29, 0.717) is 39.3 Å². The van der Waals surface area contributed by atoms with E-state index in [9.17, 15) is 9.59 Å². The summed E-state index contributed by atoms with van der Waals surface area (Å²) in [6, 6.07) is 10.5. The van der Waals surface area contributed by atoms with E-state index in [2.05, 4.69) is 15.6 Å². The average molecular weight is 456 g/mol. The van der Waals surface area contributed by atoms with Crippen molar-refractivity contribution in [3.63, 3.8) is 0 Å². The number of benzene rings is 2. The number of fused-ring (bicyclic) bond motifs is 2. The number of aromatic nitrogens is 1. The molecule has 2 aromatic carbocycles. The number of halogens is 1. The van der Waals surface area contributed by atoms with Crippen molar-refractivity contribution < 1.29 is 19.1 Å². The second kappa shape index (κ2) is 7.86. The van der Waals surface area contributed by atoms with Gasteiger partial charge < -0.3 is 14.8 Å². The molecule has 0 saturated carbocycles. The van der Waals surface area contributed by atoms with Gasteiger partial charge in [0.2, 0.25) is 12.7 Å². The lowest BCUT2D eigenvalue weighted by molar-refractivity contribution is -0.117. The van der Waals surface area contributed by atoms with Crippen LogP contribution in [0.3, 0.4) is 0 Å². The molecule has 0 bridgehead atoms. The Morgan fingerprint density at radius 1 is 1.13 bits per heavy atom. The number of aryl methyl sites for hydroxylation is 2. The summed E-state index contributed by atoms with van der Waals surface area (Å²) < 4.78 is 10.6. The Balaban J connectivity index is 1.29. The summed E-state index contributed by atoms with van der Waals surface area (Å²) in [5, 5.41) is 6.82. The quantitative estimate of drug-likeness (QED) is 0.592. The average Bonchev–Trinajstić information content (AvgIpc) is 3.45. The Hall–Kier alpha value is -3.10. The van der Waals surface area contributed by atoms with Crippen LogP contribution in [0.2, 0.25) is 5.02 Å². The first-order valence-corrected chi connectivity index (χ1v) is 10.9. The zero-order chi connectivity index (χ0) is 21.5. The summed E-state index contributed by atoms with van der Waals surface area (Å²) >= 11 is 7.56. The van der Waals surface area contributed by atoms with Gasteiger partial charge in [0.15, 0.2) is 16.6 Å². The van der Waals surface area contributed by atoms with E-state index < -0.39 is 0 Å². The molecule has 2 aliphatic rings. The first-order valence-electron chi connectivity index (χ1n) is 9.75. The molecule has 5 rings (SSSR count). The number of carbonyl (C=O) groups is 2. The maximum absolute atomic E-state index is 12.8. The van der Waals surface area contributed by atoms with Gasteiger partial charge in [-0.2, -0.15) is 0 Å². The Labute approximate surface area is 187 Å². The monoisotopic (exact) mass is 455 g/mol. The molecule has 1 atom stereocenters. The molecule has 31 heavy (non-hydrogen) atoms. The van der Waals surface area contributed by atoms with Crippen LogP contribution in [0, 0.1) is 6.92 Å². The van der Waals surface area contributed by atoms with E-state index in [1.165, 1.54) is 11.3 Å². The third-order valence-electron chi connectivity index (χ3n) is 5.33. The van der Waals surface area contributed by atoms with Crippen LogP contribution in [0.25, 0.3) is 0 Å². The molecule has 158 valence electrons. The van der Waals surface area contributed by atoms with Gasteiger partial charge in [0, 0.05) is 21.2 Å². The molecule has 1 unspecified atom stereocenters. The minimum absolute atomic E-state index is 0.127. The number of hydrogen-bond donors (Lipinski definition) is 2. The zero-order valence-corrected chi connectivity index (χ0v) is 18.1. The zero-order valence-electron chi connectivity index (χ0n) is 16.5. The highest BCUT2D eigenvalue weighted by molar-refractivity contribution is 7.16. The SMILES string of the molecule is Cc1ccc(NC(=O)C2CCc3sc(NC(=O)c4ccc5c(c4)OCO5)nc32)cc1Cl. The number of rotatable bonds is 4.